The number of hydroxylamine groups is 1. The van der Waals surface area contributed by atoms with Crippen molar-refractivity contribution in [2.24, 2.45) is 5.73 Å². The van der Waals surface area contributed by atoms with E-state index in [1.807, 2.05) is 0 Å². The molecule has 0 aliphatic heterocycles. The third-order valence-corrected chi connectivity index (χ3v) is 2.36. The Labute approximate surface area is 103 Å². The molecule has 0 heterocycles. The molecule has 1 rings (SSSR count). The lowest BCUT2D eigenvalue weighted by Gasteiger charge is -2.27. The van der Waals surface area contributed by atoms with Crippen molar-refractivity contribution in [2.75, 3.05) is 6.61 Å². The Morgan fingerprint density at radius 3 is 2.22 bits per heavy atom. The van der Waals surface area contributed by atoms with Crippen LogP contribution in [0.5, 0.6) is 0 Å². The van der Waals surface area contributed by atoms with Gasteiger partial charge in [0, 0.05) is 5.34 Å². The van der Waals surface area contributed by atoms with Crippen LogP contribution in [0.2, 0.25) is 0 Å². The lowest BCUT2D eigenvalue weighted by atomic mass is 9.99. The van der Waals surface area contributed by atoms with Gasteiger partial charge in [0.25, 0.3) is 0 Å². The van der Waals surface area contributed by atoms with Crippen LogP contribution in [0.25, 0.3) is 0 Å². The van der Waals surface area contributed by atoms with Crippen molar-refractivity contribution in [3.63, 3.8) is 0 Å². The Morgan fingerprint density at radius 1 is 1.22 bits per heavy atom. The fraction of sp³-hybridized carbons (Fsp3) is 0.300. The minimum atomic E-state index is -1.43. The van der Waals surface area contributed by atoms with E-state index in [0.29, 0.717) is 5.56 Å². The molecule has 0 spiro atoms. The summed E-state index contributed by atoms with van der Waals surface area (Å²) >= 11 is 0. The molecule has 0 fully saturated rings. The molecule has 1 aromatic rings. The van der Waals surface area contributed by atoms with Crippen molar-refractivity contribution in [3.8, 4) is 0 Å². The van der Waals surface area contributed by atoms with Crippen molar-refractivity contribution in [1.29, 1.82) is 0 Å². The smallest absolute Gasteiger partial charge is 0.177 e. The standard InChI is InChI=1S/C10H15N3O5/c11-8(6-14)10(15)9(12(16)13(17)18)7-4-2-1-3-5-7/h1-5,8-9,14,16-18H,6,11H2/t8-,9?/m0/s1. The van der Waals surface area contributed by atoms with Crippen LogP contribution >= 0.6 is 0 Å². The first-order chi connectivity index (χ1) is 8.49. The molecule has 8 heteroatoms. The minimum absolute atomic E-state index is 0.0901. The largest absolute Gasteiger partial charge is 0.394 e. The monoisotopic (exact) mass is 257 g/mol. The van der Waals surface area contributed by atoms with Gasteiger partial charge in [0.2, 0.25) is 0 Å². The van der Waals surface area contributed by atoms with Crippen LogP contribution in [0.1, 0.15) is 11.6 Å². The molecule has 0 aliphatic rings. The Hall–Kier alpha value is -1.39. The molecule has 8 nitrogen and oxygen atoms in total. The molecule has 100 valence electrons. The van der Waals surface area contributed by atoms with E-state index < -0.39 is 29.8 Å². The molecule has 1 unspecified atom stereocenters. The number of nitrogens with zero attached hydrogens (tertiary/aromatic N) is 2. The van der Waals surface area contributed by atoms with Crippen LogP contribution in [-0.4, -0.2) is 49.7 Å². The molecule has 0 bridgehead atoms. The highest BCUT2D eigenvalue weighted by atomic mass is 16.9. The van der Waals surface area contributed by atoms with Gasteiger partial charge in [-0.2, -0.15) is 0 Å². The summed E-state index contributed by atoms with van der Waals surface area (Å²) in [6.45, 7) is -0.618. The normalized spacial score (nSPS) is 14.8. The highest BCUT2D eigenvalue weighted by Gasteiger charge is 2.33. The number of aliphatic hydroxyl groups is 1. The van der Waals surface area contributed by atoms with Gasteiger partial charge in [-0.3, -0.25) is 20.4 Å². The predicted octanol–water partition coefficient (Wildman–Crippen LogP) is -0.697. The molecule has 1 aromatic carbocycles. The van der Waals surface area contributed by atoms with Crippen molar-refractivity contribution in [1.82, 2.24) is 10.5 Å². The van der Waals surface area contributed by atoms with E-state index in [1.54, 1.807) is 18.2 Å². The molecule has 0 saturated carbocycles. The number of benzene rings is 1. The molecular weight excluding hydrogens is 242 g/mol. The number of aliphatic hydroxyl groups excluding tert-OH is 1. The number of carbonyl (C=O) groups excluding carboxylic acids is 1. The number of Topliss-reactive ketones (excluding diaryl/α,β-unsaturated/α-hetero) is 1. The molecular formula is C10H15N3O5. The first-order valence-electron chi connectivity index (χ1n) is 5.10. The summed E-state index contributed by atoms with van der Waals surface area (Å²) in [5.41, 5.74) is 5.67. The second-order valence-electron chi connectivity index (χ2n) is 3.59. The van der Waals surface area contributed by atoms with E-state index in [0.717, 1.165) is 0 Å². The molecule has 2 atom stereocenters. The average Bonchev–Trinajstić information content (AvgIpc) is 2.38. The van der Waals surface area contributed by atoms with E-state index in [1.165, 1.54) is 12.1 Å². The van der Waals surface area contributed by atoms with E-state index in [9.17, 15) is 10.0 Å². The zero-order valence-corrected chi connectivity index (χ0v) is 9.42. The first kappa shape index (κ1) is 14.7. The number of ketones is 1. The van der Waals surface area contributed by atoms with Crippen LogP contribution < -0.4 is 5.73 Å². The van der Waals surface area contributed by atoms with Crippen LogP contribution in [0, 0.1) is 0 Å². The second kappa shape index (κ2) is 6.52. The molecule has 0 aromatic heterocycles. The number of hydrogen-bond acceptors (Lipinski definition) is 8. The van der Waals surface area contributed by atoms with Gasteiger partial charge in [-0.1, -0.05) is 35.5 Å². The van der Waals surface area contributed by atoms with Gasteiger partial charge in [0.1, 0.15) is 6.04 Å². The summed E-state index contributed by atoms with van der Waals surface area (Å²) in [5.74, 6) is -0.765. The lowest BCUT2D eigenvalue weighted by Crippen LogP contribution is -2.47. The summed E-state index contributed by atoms with van der Waals surface area (Å²) in [7, 11) is 0. The predicted molar refractivity (Wildman–Crippen MR) is 58.3 cm³/mol. The SMILES string of the molecule is N[C@@H](CO)C(=O)C(c1ccccc1)N(O)N(O)O. The maximum Gasteiger partial charge on any atom is 0.177 e. The summed E-state index contributed by atoms with van der Waals surface area (Å²) in [5, 5.41) is 35.1. The van der Waals surface area contributed by atoms with Gasteiger partial charge >= 0.3 is 0 Å². The fourth-order valence-corrected chi connectivity index (χ4v) is 1.44. The van der Waals surface area contributed by atoms with Gasteiger partial charge < -0.3 is 10.8 Å². The van der Waals surface area contributed by atoms with Crippen LogP contribution in [0.15, 0.2) is 30.3 Å². The van der Waals surface area contributed by atoms with Crippen molar-refractivity contribution >= 4 is 5.78 Å². The molecule has 6 N–H and O–H groups in total. The Kier molecular flexibility index (Phi) is 5.31. The van der Waals surface area contributed by atoms with Crippen LogP contribution in [0.4, 0.5) is 0 Å². The second-order valence-corrected chi connectivity index (χ2v) is 3.59. The number of carbonyl (C=O) groups is 1. The van der Waals surface area contributed by atoms with Gasteiger partial charge in [0.15, 0.2) is 5.78 Å². The van der Waals surface area contributed by atoms with Crippen LogP contribution in [0.3, 0.4) is 0 Å². The number of rotatable bonds is 6. The van der Waals surface area contributed by atoms with Crippen molar-refractivity contribution in [2.45, 2.75) is 12.1 Å². The average molecular weight is 257 g/mol. The Balaban J connectivity index is 3.07. The quantitative estimate of drug-likeness (QED) is 0.423. The summed E-state index contributed by atoms with van der Waals surface area (Å²) in [6.07, 6.45) is 0. The molecule has 0 radical (unpaired) electrons. The van der Waals surface area contributed by atoms with Crippen molar-refractivity contribution < 1.29 is 25.5 Å². The summed E-state index contributed by atoms with van der Waals surface area (Å²) in [4.78, 5) is 11.9. The zero-order chi connectivity index (χ0) is 13.7. The van der Waals surface area contributed by atoms with E-state index >= 15 is 0 Å². The van der Waals surface area contributed by atoms with Gasteiger partial charge in [-0.15, -0.1) is 0 Å². The van der Waals surface area contributed by atoms with Gasteiger partial charge in [0.05, 0.1) is 12.6 Å². The molecule has 0 aliphatic carbocycles. The van der Waals surface area contributed by atoms with Crippen LogP contribution in [-0.2, 0) is 4.79 Å². The summed E-state index contributed by atoms with van der Waals surface area (Å²) in [6, 6.07) is 5.22. The lowest BCUT2D eigenvalue weighted by molar-refractivity contribution is -0.502. The zero-order valence-electron chi connectivity index (χ0n) is 9.42. The number of hydrogen-bond donors (Lipinski definition) is 5. The summed E-state index contributed by atoms with van der Waals surface area (Å²) < 4.78 is 0. The number of nitrogens with two attached hydrogens (primary N) is 1. The minimum Gasteiger partial charge on any atom is -0.394 e. The Bertz CT molecular complexity index is 386. The fourth-order valence-electron chi connectivity index (χ4n) is 1.44. The third-order valence-electron chi connectivity index (χ3n) is 2.36. The Morgan fingerprint density at radius 2 is 1.78 bits per heavy atom. The highest BCUT2D eigenvalue weighted by Crippen LogP contribution is 2.21. The topological polar surface area (TPSA) is 130 Å². The number of hydrazine groups is 1. The van der Waals surface area contributed by atoms with E-state index in [-0.39, 0.29) is 5.17 Å². The van der Waals surface area contributed by atoms with Gasteiger partial charge in [-0.05, 0) is 5.56 Å². The molecule has 18 heavy (non-hydrogen) atoms. The first-order valence-corrected chi connectivity index (χ1v) is 5.10. The van der Waals surface area contributed by atoms with Crippen molar-refractivity contribution in [3.05, 3.63) is 35.9 Å². The maximum atomic E-state index is 11.9. The molecule has 0 amide bonds. The highest BCUT2D eigenvalue weighted by molar-refractivity contribution is 5.89. The molecule has 0 saturated heterocycles. The maximum absolute atomic E-state index is 11.9. The van der Waals surface area contributed by atoms with E-state index in [4.69, 9.17) is 21.3 Å². The van der Waals surface area contributed by atoms with E-state index in [2.05, 4.69) is 0 Å². The third kappa shape index (κ3) is 3.31. The van der Waals surface area contributed by atoms with Gasteiger partial charge in [-0.25, -0.2) is 0 Å².